The Kier molecular flexibility index (Phi) is 7.66. The highest BCUT2D eigenvalue weighted by Gasteiger charge is 2.49. The van der Waals surface area contributed by atoms with E-state index in [0.717, 1.165) is 49.2 Å². The molecule has 1 aromatic heterocycles. The summed E-state index contributed by atoms with van der Waals surface area (Å²) in [7, 11) is 0.515. The Balaban J connectivity index is 0.000000236. The Labute approximate surface area is 172 Å². The summed E-state index contributed by atoms with van der Waals surface area (Å²) in [4.78, 5) is 5.12. The van der Waals surface area contributed by atoms with Gasteiger partial charge in [-0.05, 0) is 56.4 Å². The molecule has 2 aliphatic heterocycles. The van der Waals surface area contributed by atoms with Gasteiger partial charge in [0.2, 0.25) is 5.88 Å². The van der Waals surface area contributed by atoms with Crippen LogP contribution in [0.15, 0.2) is 29.2 Å². The van der Waals surface area contributed by atoms with Crippen molar-refractivity contribution in [2.75, 3.05) is 33.4 Å². The molecular formula is C22H34N2O3S. The molecule has 1 spiro atoms. The summed E-state index contributed by atoms with van der Waals surface area (Å²) in [6.07, 6.45) is 11.8. The largest absolute Gasteiger partial charge is 0.481 e. The van der Waals surface area contributed by atoms with Crippen LogP contribution in [0.1, 0.15) is 51.1 Å². The molecule has 2 unspecified atom stereocenters. The van der Waals surface area contributed by atoms with E-state index in [0.29, 0.717) is 11.3 Å². The van der Waals surface area contributed by atoms with Crippen LogP contribution in [-0.4, -0.2) is 46.9 Å². The summed E-state index contributed by atoms with van der Waals surface area (Å²) in [6, 6.07) is 3.66. The summed E-state index contributed by atoms with van der Waals surface area (Å²) < 4.78 is 25.0. The lowest BCUT2D eigenvalue weighted by molar-refractivity contribution is 0.0789. The van der Waals surface area contributed by atoms with E-state index >= 15 is 0 Å². The van der Waals surface area contributed by atoms with Gasteiger partial charge in [-0.15, -0.1) is 0 Å². The van der Waals surface area contributed by atoms with Gasteiger partial charge >= 0.3 is 0 Å². The highest BCUT2D eigenvalue weighted by Crippen LogP contribution is 2.49. The number of rotatable bonds is 3. The first-order valence-electron chi connectivity index (χ1n) is 10.4. The monoisotopic (exact) mass is 406 g/mol. The number of aryl methyl sites for hydroxylation is 1. The van der Waals surface area contributed by atoms with Gasteiger partial charge < -0.3 is 9.47 Å². The first-order chi connectivity index (χ1) is 13.5. The molecule has 1 aliphatic carbocycles. The van der Waals surface area contributed by atoms with Gasteiger partial charge in [0.25, 0.3) is 0 Å². The fourth-order valence-electron chi connectivity index (χ4n) is 4.36. The van der Waals surface area contributed by atoms with Crippen molar-refractivity contribution in [2.24, 2.45) is 11.3 Å². The van der Waals surface area contributed by atoms with E-state index in [1.807, 2.05) is 13.0 Å². The zero-order valence-corrected chi connectivity index (χ0v) is 18.3. The molecule has 0 aromatic carbocycles. The van der Waals surface area contributed by atoms with E-state index in [9.17, 15) is 4.21 Å². The topological polar surface area (TPSA) is 51.7 Å². The van der Waals surface area contributed by atoms with Crippen molar-refractivity contribution < 1.29 is 13.7 Å². The van der Waals surface area contributed by atoms with E-state index in [1.165, 1.54) is 32.1 Å². The zero-order chi connectivity index (χ0) is 20.0. The van der Waals surface area contributed by atoms with Crippen LogP contribution < -0.4 is 4.74 Å². The fraction of sp³-hybridized carbons (Fsp3) is 0.682. The number of methoxy groups -OCH3 is 1. The van der Waals surface area contributed by atoms with E-state index in [-0.39, 0.29) is 0 Å². The SMILES string of the molecule is C1=C/CCOCCC/1.COc1ccc(S(=O)N2CC3(CCC(C)C3)C2)c(C)n1. The first-order valence-corrected chi connectivity index (χ1v) is 11.5. The standard InChI is InChI=1S/C15H22N2O2S.C7H12O/c1-11-6-7-15(8-11)9-17(10-15)20(18)13-4-5-14(19-3)16-12(13)2;1-2-4-6-8-7-5-3-1/h4-5,11H,6-10H2,1-3H3;1-2H,3-7H2/b;2-1+. The lowest BCUT2D eigenvalue weighted by Crippen LogP contribution is -2.55. The predicted molar refractivity (Wildman–Crippen MR) is 113 cm³/mol. The summed E-state index contributed by atoms with van der Waals surface area (Å²) >= 11 is 0. The van der Waals surface area contributed by atoms with Crippen LogP contribution in [0, 0.1) is 18.3 Å². The molecule has 1 saturated heterocycles. The molecule has 6 heteroatoms. The molecule has 2 atom stereocenters. The molecule has 0 radical (unpaired) electrons. The molecule has 4 rings (SSSR count). The van der Waals surface area contributed by atoms with Gasteiger partial charge in [0.1, 0.15) is 11.0 Å². The minimum Gasteiger partial charge on any atom is -0.481 e. The third-order valence-corrected chi connectivity index (χ3v) is 7.41. The number of nitrogens with zero attached hydrogens (tertiary/aromatic N) is 2. The van der Waals surface area contributed by atoms with Crippen LogP contribution in [0.5, 0.6) is 5.88 Å². The van der Waals surface area contributed by atoms with E-state index in [1.54, 1.807) is 13.2 Å². The Hall–Kier alpha value is -1.24. The molecule has 28 heavy (non-hydrogen) atoms. The van der Waals surface area contributed by atoms with Gasteiger partial charge in [-0.3, -0.25) is 0 Å². The van der Waals surface area contributed by atoms with E-state index in [2.05, 4.69) is 28.4 Å². The minimum atomic E-state index is -1.08. The van der Waals surface area contributed by atoms with Crippen LogP contribution in [0.4, 0.5) is 0 Å². The second-order valence-corrected chi connectivity index (χ2v) is 9.80. The summed E-state index contributed by atoms with van der Waals surface area (Å²) in [5.74, 6) is 1.41. The third-order valence-electron chi connectivity index (χ3n) is 5.87. The zero-order valence-electron chi connectivity index (χ0n) is 17.5. The maximum absolute atomic E-state index is 12.6. The van der Waals surface area contributed by atoms with Crippen LogP contribution in [-0.2, 0) is 15.7 Å². The second-order valence-electron chi connectivity index (χ2n) is 8.35. The molecule has 3 heterocycles. The minimum absolute atomic E-state index is 0.447. The smallest absolute Gasteiger partial charge is 0.213 e. The number of hydrogen-bond acceptors (Lipinski definition) is 4. The molecule has 3 aliphatic rings. The average Bonchev–Trinajstić information content (AvgIpc) is 3.02. The van der Waals surface area contributed by atoms with E-state index in [4.69, 9.17) is 9.47 Å². The normalized spacial score (nSPS) is 26.3. The van der Waals surface area contributed by atoms with Crippen molar-refractivity contribution in [2.45, 2.75) is 57.3 Å². The number of allylic oxidation sites excluding steroid dienone is 1. The quantitative estimate of drug-likeness (QED) is 0.703. The van der Waals surface area contributed by atoms with Gasteiger partial charge in [0.15, 0.2) is 0 Å². The number of hydrogen-bond donors (Lipinski definition) is 0. The summed E-state index contributed by atoms with van der Waals surface area (Å²) in [5, 5.41) is 0. The van der Waals surface area contributed by atoms with E-state index < -0.39 is 11.0 Å². The predicted octanol–water partition coefficient (Wildman–Crippen LogP) is 4.29. The van der Waals surface area contributed by atoms with Crippen molar-refractivity contribution in [1.82, 2.24) is 9.29 Å². The Morgan fingerprint density at radius 3 is 2.71 bits per heavy atom. The molecular weight excluding hydrogens is 372 g/mol. The highest BCUT2D eigenvalue weighted by molar-refractivity contribution is 7.82. The summed E-state index contributed by atoms with van der Waals surface area (Å²) in [5.41, 5.74) is 1.24. The Bertz CT molecular complexity index is 691. The Morgan fingerprint density at radius 2 is 2.04 bits per heavy atom. The number of aromatic nitrogens is 1. The van der Waals surface area contributed by atoms with Crippen molar-refractivity contribution in [1.29, 1.82) is 0 Å². The van der Waals surface area contributed by atoms with Gasteiger partial charge in [0, 0.05) is 25.8 Å². The third kappa shape index (κ3) is 5.43. The van der Waals surface area contributed by atoms with Crippen LogP contribution >= 0.6 is 0 Å². The number of pyridine rings is 1. The number of ether oxygens (including phenoxy) is 2. The lowest BCUT2D eigenvalue weighted by atomic mass is 9.79. The van der Waals surface area contributed by atoms with Crippen molar-refractivity contribution >= 4 is 11.0 Å². The maximum Gasteiger partial charge on any atom is 0.213 e. The lowest BCUT2D eigenvalue weighted by Gasteiger charge is -2.47. The molecule has 2 fully saturated rings. The van der Waals surface area contributed by atoms with Gasteiger partial charge in [-0.1, -0.05) is 25.5 Å². The molecule has 5 nitrogen and oxygen atoms in total. The summed E-state index contributed by atoms with van der Waals surface area (Å²) in [6.45, 7) is 8.01. The van der Waals surface area contributed by atoms with Gasteiger partial charge in [-0.25, -0.2) is 13.5 Å². The molecule has 1 aromatic rings. The van der Waals surface area contributed by atoms with Gasteiger partial charge in [0.05, 0.1) is 24.3 Å². The van der Waals surface area contributed by atoms with Crippen molar-refractivity contribution in [3.05, 3.63) is 30.0 Å². The van der Waals surface area contributed by atoms with Crippen LogP contribution in [0.3, 0.4) is 0 Å². The van der Waals surface area contributed by atoms with Gasteiger partial charge in [-0.2, -0.15) is 0 Å². The fourth-order valence-corrected chi connectivity index (χ4v) is 5.90. The molecule has 1 saturated carbocycles. The second kappa shape index (κ2) is 9.99. The van der Waals surface area contributed by atoms with Crippen molar-refractivity contribution in [3.63, 3.8) is 0 Å². The molecule has 156 valence electrons. The van der Waals surface area contributed by atoms with Crippen LogP contribution in [0.25, 0.3) is 0 Å². The molecule has 0 N–H and O–H groups in total. The van der Waals surface area contributed by atoms with Crippen molar-refractivity contribution in [3.8, 4) is 5.88 Å². The molecule has 0 amide bonds. The van der Waals surface area contributed by atoms with Crippen LogP contribution in [0.2, 0.25) is 0 Å². The average molecular weight is 407 g/mol. The maximum atomic E-state index is 12.6. The molecule has 0 bridgehead atoms. The highest BCUT2D eigenvalue weighted by atomic mass is 32.2. The Morgan fingerprint density at radius 1 is 1.25 bits per heavy atom. The first kappa shape index (κ1) is 21.5.